The zero-order valence-electron chi connectivity index (χ0n) is 34.5. The van der Waals surface area contributed by atoms with Gasteiger partial charge in [-0.3, -0.25) is 48.3 Å². The van der Waals surface area contributed by atoms with Crippen LogP contribution in [-0.4, -0.2) is 142 Å². The Hall–Kier alpha value is -6.66. The number of nitrogens with two attached hydrogens (primary N) is 4. The predicted molar refractivity (Wildman–Crippen MR) is 227 cm³/mol. The number of carbonyl (C=O) groups is 9. The van der Waals surface area contributed by atoms with Crippen molar-refractivity contribution in [2.45, 2.75) is 101 Å². The van der Waals surface area contributed by atoms with Gasteiger partial charge in [0.15, 0.2) is 11.9 Å². The van der Waals surface area contributed by atoms with E-state index in [2.05, 4.69) is 41.9 Å². The molecule has 0 radical (unpaired) electrons. The molecule has 1 rings (SSSR count). The summed E-state index contributed by atoms with van der Waals surface area (Å²) in [6.07, 6.45) is -0.314. The lowest BCUT2D eigenvalue weighted by Crippen LogP contribution is -2.60. The van der Waals surface area contributed by atoms with E-state index in [0.29, 0.717) is 11.3 Å². The molecule has 0 spiro atoms. The number of hydrogen-bond acceptors (Lipinski definition) is 12. The number of aliphatic imine (C=N–C) groups is 2. The van der Waals surface area contributed by atoms with E-state index in [1.54, 1.807) is 36.6 Å². The standard InChI is InChI=1S/C37H58N12O12S/c1-20(50)44-24(12-13-28(51)52)32(57)49-27(19-29(53)54)34(59)46-23(11-7-16-43-37(40)41)31(56)48-26(18-21-8-4-3-5-9-21)33(58)45-22(10-6-15-42-36(38)39)30(55)47-25(35(60)61)14-17-62-2/h3-5,8-9,22-27H,6-7,10-19H2,1-2H3,(H,44,50)(H,45,58)(H,46,59)(H,47,55)(H,48,56)(H,49,57)(H,51,52)(H,53,54)(H,60,61)(H4,38,39,42)(H4,40,41,43)/t22-,23-,24-,25-,26-,27-/m0/s1. The van der Waals surface area contributed by atoms with Gasteiger partial charge >= 0.3 is 17.9 Å². The zero-order valence-corrected chi connectivity index (χ0v) is 35.3. The summed E-state index contributed by atoms with van der Waals surface area (Å²) in [5, 5.41) is 42.9. The molecular formula is C37H58N12O12S. The topological polar surface area (TPSA) is 415 Å². The number of hydrogen-bond donors (Lipinski definition) is 13. The Labute approximate surface area is 361 Å². The van der Waals surface area contributed by atoms with Crippen LogP contribution in [0, 0.1) is 0 Å². The molecule has 0 aliphatic carbocycles. The fourth-order valence-corrected chi connectivity index (χ4v) is 6.10. The van der Waals surface area contributed by atoms with Crippen LogP contribution in [-0.2, 0) is 49.6 Å². The molecule has 6 amide bonds. The van der Waals surface area contributed by atoms with E-state index in [9.17, 15) is 53.4 Å². The summed E-state index contributed by atoms with van der Waals surface area (Å²) in [5.41, 5.74) is 22.2. The van der Waals surface area contributed by atoms with E-state index in [1.807, 2.05) is 0 Å². The molecule has 24 nitrogen and oxygen atoms in total. The fourth-order valence-electron chi connectivity index (χ4n) is 5.62. The molecule has 344 valence electrons. The van der Waals surface area contributed by atoms with Gasteiger partial charge in [-0.15, -0.1) is 0 Å². The zero-order chi connectivity index (χ0) is 46.8. The van der Waals surface area contributed by atoms with E-state index >= 15 is 0 Å². The second-order valence-corrected chi connectivity index (χ2v) is 14.8. The molecule has 0 aromatic heterocycles. The molecule has 0 heterocycles. The van der Waals surface area contributed by atoms with Crippen molar-refractivity contribution in [2.24, 2.45) is 32.9 Å². The van der Waals surface area contributed by atoms with Gasteiger partial charge in [-0.05, 0) is 56.1 Å². The van der Waals surface area contributed by atoms with Gasteiger partial charge in [0.2, 0.25) is 35.4 Å². The molecule has 0 saturated carbocycles. The number of benzene rings is 1. The molecular weight excluding hydrogens is 837 g/mol. The summed E-state index contributed by atoms with van der Waals surface area (Å²) in [6, 6.07) is -0.523. The van der Waals surface area contributed by atoms with Crippen molar-refractivity contribution in [1.29, 1.82) is 0 Å². The number of nitrogens with one attached hydrogen (secondary N) is 6. The predicted octanol–water partition coefficient (Wildman–Crippen LogP) is -3.56. The maximum absolute atomic E-state index is 14.1. The third-order valence-electron chi connectivity index (χ3n) is 8.65. The lowest BCUT2D eigenvalue weighted by atomic mass is 10.0. The monoisotopic (exact) mass is 894 g/mol. The van der Waals surface area contributed by atoms with Crippen molar-refractivity contribution in [2.75, 3.05) is 25.1 Å². The number of carboxylic acids is 3. The third-order valence-corrected chi connectivity index (χ3v) is 9.29. The number of thioether (sulfide) groups is 1. The van der Waals surface area contributed by atoms with Gasteiger partial charge in [0, 0.05) is 32.9 Å². The van der Waals surface area contributed by atoms with Crippen molar-refractivity contribution in [1.82, 2.24) is 31.9 Å². The van der Waals surface area contributed by atoms with Crippen LogP contribution in [0.1, 0.15) is 63.9 Å². The molecule has 0 fully saturated rings. The first-order chi connectivity index (χ1) is 29.2. The smallest absolute Gasteiger partial charge is 0.326 e. The average Bonchev–Trinajstić information content (AvgIpc) is 3.19. The van der Waals surface area contributed by atoms with E-state index in [4.69, 9.17) is 28.0 Å². The van der Waals surface area contributed by atoms with Crippen LogP contribution in [0.25, 0.3) is 0 Å². The summed E-state index contributed by atoms with van der Waals surface area (Å²) < 4.78 is 0. The normalized spacial score (nSPS) is 13.5. The number of guanidine groups is 2. The third kappa shape index (κ3) is 22.6. The minimum absolute atomic E-state index is 0.0297. The van der Waals surface area contributed by atoms with Crippen LogP contribution in [0.5, 0.6) is 0 Å². The first-order valence-corrected chi connectivity index (χ1v) is 20.7. The highest BCUT2D eigenvalue weighted by Crippen LogP contribution is 2.10. The van der Waals surface area contributed by atoms with Crippen LogP contribution in [0.3, 0.4) is 0 Å². The second kappa shape index (κ2) is 28.7. The van der Waals surface area contributed by atoms with Crippen molar-refractivity contribution >= 4 is 77.0 Å². The van der Waals surface area contributed by atoms with E-state index in [1.165, 1.54) is 11.8 Å². The Morgan fingerprint density at radius 1 is 0.581 bits per heavy atom. The molecule has 17 N–H and O–H groups in total. The number of aliphatic carboxylic acids is 3. The fraction of sp³-hybridized carbons (Fsp3) is 0.541. The average molecular weight is 895 g/mol. The number of nitrogens with zero attached hydrogens (tertiary/aromatic N) is 2. The molecule has 25 heteroatoms. The van der Waals surface area contributed by atoms with Crippen LogP contribution >= 0.6 is 11.8 Å². The summed E-state index contributed by atoms with van der Waals surface area (Å²) >= 11 is 1.37. The number of carbonyl (C=O) groups excluding carboxylic acids is 6. The lowest BCUT2D eigenvalue weighted by molar-refractivity contribution is -0.142. The van der Waals surface area contributed by atoms with Gasteiger partial charge in [-0.2, -0.15) is 11.8 Å². The van der Waals surface area contributed by atoms with Gasteiger partial charge in [0.05, 0.1) is 6.42 Å². The summed E-state index contributed by atoms with van der Waals surface area (Å²) in [6.45, 7) is 1.09. The number of rotatable bonds is 30. The minimum Gasteiger partial charge on any atom is -0.481 e. The Morgan fingerprint density at radius 2 is 1.02 bits per heavy atom. The van der Waals surface area contributed by atoms with Crippen molar-refractivity contribution in [3.8, 4) is 0 Å². The van der Waals surface area contributed by atoms with Crippen LogP contribution < -0.4 is 54.8 Å². The molecule has 1 aromatic carbocycles. The van der Waals surface area contributed by atoms with Gasteiger partial charge < -0.3 is 70.2 Å². The lowest BCUT2D eigenvalue weighted by Gasteiger charge is -2.27. The molecule has 6 atom stereocenters. The maximum atomic E-state index is 14.1. The SMILES string of the molecule is CSCC[C@H](NC(=O)[C@H](CCCN=C(N)N)NC(=O)[C@H](Cc1ccccc1)NC(=O)[C@H](CCCN=C(N)N)NC(=O)[C@H](CC(=O)O)NC(=O)[C@H](CCC(=O)O)NC(C)=O)C(=O)O. The maximum Gasteiger partial charge on any atom is 0.326 e. The quantitative estimate of drug-likeness (QED) is 0.0202. The minimum atomic E-state index is -1.85. The summed E-state index contributed by atoms with van der Waals surface area (Å²) in [4.78, 5) is 123. The molecule has 0 aliphatic rings. The Bertz CT molecular complexity index is 1760. The van der Waals surface area contributed by atoms with Gasteiger partial charge in [0.1, 0.15) is 36.3 Å². The Morgan fingerprint density at radius 3 is 1.45 bits per heavy atom. The number of amides is 6. The van der Waals surface area contributed by atoms with Gasteiger partial charge in [-0.1, -0.05) is 30.3 Å². The largest absolute Gasteiger partial charge is 0.481 e. The molecule has 62 heavy (non-hydrogen) atoms. The van der Waals surface area contributed by atoms with Crippen LogP contribution in [0.15, 0.2) is 40.3 Å². The second-order valence-electron chi connectivity index (χ2n) is 13.8. The van der Waals surface area contributed by atoms with E-state index in [-0.39, 0.29) is 63.5 Å². The van der Waals surface area contributed by atoms with Crippen LogP contribution in [0.2, 0.25) is 0 Å². The van der Waals surface area contributed by atoms with Gasteiger partial charge in [0.25, 0.3) is 0 Å². The summed E-state index contributed by atoms with van der Waals surface area (Å²) in [7, 11) is 0. The Balaban J connectivity index is 3.57. The van der Waals surface area contributed by atoms with Crippen LogP contribution in [0.4, 0.5) is 0 Å². The first kappa shape index (κ1) is 53.4. The molecule has 0 unspecified atom stereocenters. The molecule has 1 aromatic rings. The van der Waals surface area contributed by atoms with Crippen molar-refractivity contribution in [3.63, 3.8) is 0 Å². The molecule has 0 aliphatic heterocycles. The van der Waals surface area contributed by atoms with Crippen molar-refractivity contribution in [3.05, 3.63) is 35.9 Å². The Kier molecular flexibility index (Phi) is 24.7. The van der Waals surface area contributed by atoms with Gasteiger partial charge in [-0.25, -0.2) is 4.79 Å². The highest BCUT2D eigenvalue weighted by molar-refractivity contribution is 7.98. The summed E-state index contributed by atoms with van der Waals surface area (Å²) in [5.74, 6) is -9.86. The first-order valence-electron chi connectivity index (χ1n) is 19.3. The van der Waals surface area contributed by atoms with Crippen molar-refractivity contribution < 1.29 is 58.5 Å². The molecule has 0 saturated heterocycles. The highest BCUT2D eigenvalue weighted by atomic mass is 32.2. The van der Waals surface area contributed by atoms with E-state index < -0.39 is 109 Å². The molecule has 0 bridgehead atoms. The number of carboxylic acid groups (broad SMARTS) is 3. The highest BCUT2D eigenvalue weighted by Gasteiger charge is 2.34. The van der Waals surface area contributed by atoms with E-state index in [0.717, 1.165) is 6.92 Å².